The lowest BCUT2D eigenvalue weighted by Gasteiger charge is -2.19. The molecule has 1 aliphatic rings. The molecule has 1 aromatic heterocycles. The predicted octanol–water partition coefficient (Wildman–Crippen LogP) is 0.681. The van der Waals surface area contributed by atoms with Gasteiger partial charge in [-0.3, -0.25) is 0 Å². The molecule has 2 rings (SSSR count). The molecule has 0 amide bonds. The first kappa shape index (κ1) is 8.37. The summed E-state index contributed by atoms with van der Waals surface area (Å²) in [4.78, 5) is 5.31. The molecular weight excluding hydrogens is 168 g/mol. The highest BCUT2D eigenvalue weighted by molar-refractivity contribution is 5.85. The first-order valence-electron chi connectivity index (χ1n) is 4.37. The highest BCUT2D eigenvalue weighted by atomic mass is 16.5. The van der Waals surface area contributed by atoms with E-state index in [0.717, 1.165) is 25.2 Å². The molecule has 0 saturated carbocycles. The molecule has 0 N–H and O–H groups in total. The number of nitrogens with zero attached hydrogens (tertiary/aromatic N) is 4. The molecule has 13 heavy (non-hydrogen) atoms. The van der Waals surface area contributed by atoms with E-state index in [0.29, 0.717) is 0 Å². The largest absolute Gasteiger partial charge is 0.378 e. The van der Waals surface area contributed by atoms with Crippen LogP contribution < -0.4 is 0 Å². The van der Waals surface area contributed by atoms with Crippen molar-refractivity contribution in [1.82, 2.24) is 14.9 Å². The second kappa shape index (κ2) is 3.66. The van der Waals surface area contributed by atoms with Gasteiger partial charge >= 0.3 is 0 Å². The van der Waals surface area contributed by atoms with Crippen molar-refractivity contribution in [1.29, 1.82) is 0 Å². The van der Waals surface area contributed by atoms with Gasteiger partial charge in [0.2, 0.25) is 0 Å². The van der Waals surface area contributed by atoms with Gasteiger partial charge in [-0.15, -0.1) is 9.89 Å². The van der Waals surface area contributed by atoms with E-state index >= 15 is 0 Å². The van der Waals surface area contributed by atoms with E-state index in [1.54, 1.807) is 6.33 Å². The summed E-state index contributed by atoms with van der Waals surface area (Å²) in [5.74, 6) is 0. The lowest BCUT2D eigenvalue weighted by Crippen LogP contribution is -2.23. The molecule has 1 fully saturated rings. The number of rotatable bonds is 1. The Bertz CT molecular complexity index is 293. The van der Waals surface area contributed by atoms with Crippen molar-refractivity contribution >= 4 is 5.71 Å². The van der Waals surface area contributed by atoms with Gasteiger partial charge in [0.05, 0.1) is 12.7 Å². The van der Waals surface area contributed by atoms with Crippen LogP contribution >= 0.6 is 0 Å². The van der Waals surface area contributed by atoms with Crippen LogP contribution in [-0.2, 0) is 4.74 Å². The highest BCUT2D eigenvalue weighted by Gasteiger charge is 2.14. The van der Waals surface area contributed by atoms with Gasteiger partial charge < -0.3 is 4.74 Å². The van der Waals surface area contributed by atoms with E-state index in [1.807, 2.05) is 0 Å². The number of hydrogen-bond donors (Lipinski definition) is 0. The molecule has 0 aromatic carbocycles. The van der Waals surface area contributed by atoms with Crippen molar-refractivity contribution < 1.29 is 4.74 Å². The Labute approximate surface area is 76.4 Å². The Morgan fingerprint density at radius 3 is 3.31 bits per heavy atom. The van der Waals surface area contributed by atoms with Crippen LogP contribution in [0.3, 0.4) is 0 Å². The number of aromatic nitrogens is 3. The Balaban J connectivity index is 2.07. The van der Waals surface area contributed by atoms with Crippen LogP contribution in [0.1, 0.15) is 19.8 Å². The minimum Gasteiger partial charge on any atom is -0.378 e. The topological polar surface area (TPSA) is 52.3 Å². The highest BCUT2D eigenvalue weighted by Crippen LogP contribution is 2.10. The second-order valence-electron chi connectivity index (χ2n) is 3.12. The van der Waals surface area contributed by atoms with Gasteiger partial charge in [-0.2, -0.15) is 5.10 Å². The second-order valence-corrected chi connectivity index (χ2v) is 3.12. The van der Waals surface area contributed by atoms with Crippen LogP contribution in [0.2, 0.25) is 0 Å². The van der Waals surface area contributed by atoms with Crippen LogP contribution in [0.5, 0.6) is 0 Å². The summed E-state index contributed by atoms with van der Waals surface area (Å²) in [5.41, 5.74) is 1.13. The van der Waals surface area contributed by atoms with Crippen molar-refractivity contribution in [3.63, 3.8) is 0 Å². The first-order chi connectivity index (χ1) is 6.34. The summed E-state index contributed by atoms with van der Waals surface area (Å²) in [7, 11) is 0. The summed E-state index contributed by atoms with van der Waals surface area (Å²) in [6.45, 7) is 2.81. The first-order valence-corrected chi connectivity index (χ1v) is 4.37. The normalized spacial score (nSPS) is 26.5. The Kier molecular flexibility index (Phi) is 2.35. The molecule has 1 unspecified atom stereocenters. The average Bonchev–Trinajstić information content (AvgIpc) is 2.57. The third kappa shape index (κ3) is 2.12. The van der Waals surface area contributed by atoms with E-state index in [9.17, 15) is 0 Å². The maximum atomic E-state index is 5.40. The summed E-state index contributed by atoms with van der Waals surface area (Å²) in [6.07, 6.45) is 5.13. The fourth-order valence-electron chi connectivity index (χ4n) is 1.36. The monoisotopic (exact) mass is 180 g/mol. The molecule has 0 radical (unpaired) electrons. The van der Waals surface area contributed by atoms with Gasteiger partial charge in [0, 0.05) is 18.6 Å². The van der Waals surface area contributed by atoms with Crippen molar-refractivity contribution in [2.75, 3.05) is 6.61 Å². The summed E-state index contributed by atoms with van der Waals surface area (Å²) >= 11 is 0. The van der Waals surface area contributed by atoms with Crippen molar-refractivity contribution in [2.45, 2.75) is 25.9 Å². The van der Waals surface area contributed by atoms with E-state index in [2.05, 4.69) is 22.1 Å². The van der Waals surface area contributed by atoms with Crippen molar-refractivity contribution in [2.24, 2.45) is 5.10 Å². The van der Waals surface area contributed by atoms with Crippen molar-refractivity contribution in [3.05, 3.63) is 12.7 Å². The molecule has 1 aromatic rings. The molecule has 0 spiro atoms. The van der Waals surface area contributed by atoms with Gasteiger partial charge in [-0.25, -0.2) is 4.98 Å². The predicted molar refractivity (Wildman–Crippen MR) is 47.5 cm³/mol. The maximum absolute atomic E-state index is 5.40. The Morgan fingerprint density at radius 2 is 2.62 bits per heavy atom. The molecule has 5 nitrogen and oxygen atoms in total. The van der Waals surface area contributed by atoms with E-state index in [1.165, 1.54) is 11.1 Å². The van der Waals surface area contributed by atoms with Gasteiger partial charge in [0.1, 0.15) is 12.7 Å². The van der Waals surface area contributed by atoms with Crippen LogP contribution in [0, 0.1) is 0 Å². The molecule has 1 saturated heterocycles. The summed E-state index contributed by atoms with van der Waals surface area (Å²) in [6, 6.07) is 0. The Morgan fingerprint density at radius 1 is 1.69 bits per heavy atom. The lowest BCUT2D eigenvalue weighted by atomic mass is 10.1. The van der Waals surface area contributed by atoms with Gasteiger partial charge in [-0.05, 0) is 6.92 Å². The quantitative estimate of drug-likeness (QED) is 0.638. The number of hydrogen-bond acceptors (Lipinski definition) is 4. The lowest BCUT2D eigenvalue weighted by molar-refractivity contribution is 0.0631. The summed E-state index contributed by atoms with van der Waals surface area (Å²) in [5, 5.41) is 8.22. The minimum atomic E-state index is 0.274. The molecule has 2 heterocycles. The van der Waals surface area contributed by atoms with E-state index < -0.39 is 0 Å². The zero-order valence-corrected chi connectivity index (χ0v) is 7.55. The molecule has 1 atom stereocenters. The third-order valence-corrected chi connectivity index (χ3v) is 1.97. The maximum Gasteiger partial charge on any atom is 0.139 e. The zero-order valence-electron chi connectivity index (χ0n) is 7.55. The third-order valence-electron chi connectivity index (χ3n) is 1.97. The smallest absolute Gasteiger partial charge is 0.139 e. The minimum absolute atomic E-state index is 0.274. The SMILES string of the molecule is CC1C/C(=N/n2cncn2)CCO1. The fraction of sp³-hybridized carbons (Fsp3) is 0.625. The molecule has 70 valence electrons. The van der Waals surface area contributed by atoms with Crippen molar-refractivity contribution in [3.8, 4) is 0 Å². The van der Waals surface area contributed by atoms with Gasteiger partial charge in [-0.1, -0.05) is 0 Å². The molecule has 1 aliphatic heterocycles. The molecule has 5 heteroatoms. The summed E-state index contributed by atoms with van der Waals surface area (Å²) < 4.78 is 5.40. The standard InChI is InChI=1S/C8H12N4O/c1-7-4-8(2-3-13-7)11-12-6-9-5-10-12/h5-7H,2-4H2,1H3/b11-8+. The van der Waals surface area contributed by atoms with Crippen LogP contribution in [0.25, 0.3) is 0 Å². The molecule has 0 aliphatic carbocycles. The number of ether oxygens (including phenoxy) is 1. The fourth-order valence-corrected chi connectivity index (χ4v) is 1.36. The van der Waals surface area contributed by atoms with Gasteiger partial charge in [0.25, 0.3) is 0 Å². The van der Waals surface area contributed by atoms with E-state index in [-0.39, 0.29) is 6.10 Å². The average molecular weight is 180 g/mol. The van der Waals surface area contributed by atoms with E-state index in [4.69, 9.17) is 4.74 Å². The Hall–Kier alpha value is -1.23. The van der Waals surface area contributed by atoms with Crippen LogP contribution in [0.15, 0.2) is 17.8 Å². The van der Waals surface area contributed by atoms with Crippen LogP contribution in [-0.4, -0.2) is 33.3 Å². The molecule has 0 bridgehead atoms. The van der Waals surface area contributed by atoms with Crippen LogP contribution in [0.4, 0.5) is 0 Å². The molecular formula is C8H12N4O. The zero-order chi connectivity index (χ0) is 9.10. The van der Waals surface area contributed by atoms with Gasteiger partial charge in [0.15, 0.2) is 0 Å².